The molecule has 35 heavy (non-hydrogen) atoms. The Morgan fingerprint density at radius 2 is 1.74 bits per heavy atom. The molecule has 1 N–H and O–H groups in total. The fraction of sp³-hybridized carbons (Fsp3) is 0.423. The van der Waals surface area contributed by atoms with Gasteiger partial charge in [0.15, 0.2) is 0 Å². The summed E-state index contributed by atoms with van der Waals surface area (Å²) < 4.78 is 33.6. The summed E-state index contributed by atoms with van der Waals surface area (Å²) in [4.78, 5) is 18.0. The molecular formula is C26H34N4O4S. The zero-order chi connectivity index (χ0) is 25.0. The number of anilines is 2. The Morgan fingerprint density at radius 3 is 2.43 bits per heavy atom. The molecule has 1 fully saturated rings. The molecule has 0 unspecified atom stereocenters. The van der Waals surface area contributed by atoms with E-state index in [-0.39, 0.29) is 17.4 Å². The van der Waals surface area contributed by atoms with E-state index >= 15 is 0 Å². The predicted molar refractivity (Wildman–Crippen MR) is 139 cm³/mol. The number of likely N-dealkylation sites (N-methyl/N-ethyl adjacent to an activating group) is 1. The predicted octanol–water partition coefficient (Wildman–Crippen LogP) is 3.27. The van der Waals surface area contributed by atoms with Gasteiger partial charge in [0, 0.05) is 44.8 Å². The van der Waals surface area contributed by atoms with Crippen LogP contribution >= 0.6 is 0 Å². The van der Waals surface area contributed by atoms with E-state index in [0.717, 1.165) is 49.7 Å². The Labute approximate surface area is 208 Å². The van der Waals surface area contributed by atoms with E-state index in [2.05, 4.69) is 22.0 Å². The van der Waals surface area contributed by atoms with Gasteiger partial charge in [-0.2, -0.15) is 4.31 Å². The van der Waals surface area contributed by atoms with Gasteiger partial charge in [-0.1, -0.05) is 39.0 Å². The maximum atomic E-state index is 13.3. The van der Waals surface area contributed by atoms with Crippen molar-refractivity contribution >= 4 is 33.4 Å². The van der Waals surface area contributed by atoms with Crippen molar-refractivity contribution < 1.29 is 17.9 Å². The molecule has 0 saturated carbocycles. The fourth-order valence-electron chi connectivity index (χ4n) is 4.52. The van der Waals surface area contributed by atoms with Gasteiger partial charge in [-0.05, 0) is 36.9 Å². The summed E-state index contributed by atoms with van der Waals surface area (Å²) >= 11 is 0. The maximum Gasteiger partial charge on any atom is 0.255 e. The highest BCUT2D eigenvalue weighted by Gasteiger charge is 2.26. The number of hydrogen-bond acceptors (Lipinski definition) is 6. The van der Waals surface area contributed by atoms with Crippen molar-refractivity contribution in [1.29, 1.82) is 0 Å². The van der Waals surface area contributed by atoms with Crippen LogP contribution < -0.4 is 15.0 Å². The molecule has 8 nitrogen and oxygen atoms in total. The number of carbonyl (C=O) groups is 1. The van der Waals surface area contributed by atoms with Crippen LogP contribution in [0.4, 0.5) is 11.4 Å². The van der Waals surface area contributed by atoms with E-state index in [0.29, 0.717) is 24.4 Å². The molecule has 0 atom stereocenters. The molecule has 0 aromatic heterocycles. The lowest BCUT2D eigenvalue weighted by Crippen LogP contribution is -2.46. The summed E-state index contributed by atoms with van der Waals surface area (Å²) in [7, 11) is -3.67. The second-order valence-electron chi connectivity index (χ2n) is 8.64. The number of carbonyl (C=O) groups excluding carboxylic acids is 1. The Morgan fingerprint density at radius 1 is 1.03 bits per heavy atom. The van der Waals surface area contributed by atoms with Crippen LogP contribution in [0.2, 0.25) is 0 Å². The summed E-state index contributed by atoms with van der Waals surface area (Å²) in [5.41, 5.74) is 2.65. The van der Waals surface area contributed by atoms with E-state index in [1.165, 1.54) is 4.31 Å². The number of para-hydroxylation sites is 1. The normalized spacial score (nSPS) is 16.5. The zero-order valence-electron chi connectivity index (χ0n) is 20.7. The summed E-state index contributed by atoms with van der Waals surface area (Å²) in [5.74, 6) is 0.441. The molecule has 0 spiro atoms. The summed E-state index contributed by atoms with van der Waals surface area (Å²) in [5, 5.41) is 3.00. The number of nitrogens with one attached hydrogen (secondary N) is 1. The monoisotopic (exact) mass is 498 g/mol. The number of fused-ring (bicyclic) bond motifs is 1. The fourth-order valence-corrected chi connectivity index (χ4v) is 6.00. The van der Waals surface area contributed by atoms with Crippen LogP contribution in [0.15, 0.2) is 52.9 Å². The van der Waals surface area contributed by atoms with Crippen LogP contribution in [0, 0.1) is 0 Å². The number of benzene rings is 2. The largest absolute Gasteiger partial charge is 0.488 e. The number of sulfonamides is 1. The van der Waals surface area contributed by atoms with Gasteiger partial charge in [0.2, 0.25) is 10.0 Å². The zero-order valence-corrected chi connectivity index (χ0v) is 21.5. The molecule has 1 saturated heterocycles. The minimum Gasteiger partial charge on any atom is -0.488 e. The Balaban J connectivity index is 1.67. The summed E-state index contributed by atoms with van der Waals surface area (Å²) in [6.07, 6.45) is 1.82. The number of nitrogens with zero attached hydrogens (tertiary/aromatic N) is 3. The molecule has 4 rings (SSSR count). The molecule has 2 aliphatic rings. The third kappa shape index (κ3) is 5.37. The van der Waals surface area contributed by atoms with Crippen LogP contribution in [-0.2, 0) is 14.8 Å². The standard InChI is InChI=1S/C26H34N4O4S/c1-4-28-13-15-29(16-14-28)24-12-11-22(35(32,33)30(5-2)6-3)18-23(24)27-26(31)21-17-20-9-7-8-10-25(20)34-19-21/h7-12,17-18H,4-6,13-16,19H2,1-3H3,(H,27,31). The van der Waals surface area contributed by atoms with Gasteiger partial charge in [0.1, 0.15) is 12.4 Å². The van der Waals surface area contributed by atoms with Crippen molar-refractivity contribution in [3.63, 3.8) is 0 Å². The molecule has 0 radical (unpaired) electrons. The van der Waals surface area contributed by atoms with Crippen molar-refractivity contribution in [3.8, 4) is 5.75 Å². The minimum absolute atomic E-state index is 0.158. The molecule has 188 valence electrons. The van der Waals surface area contributed by atoms with E-state index < -0.39 is 10.0 Å². The second-order valence-corrected chi connectivity index (χ2v) is 10.6. The molecular weight excluding hydrogens is 464 g/mol. The van der Waals surface area contributed by atoms with Gasteiger partial charge in [-0.15, -0.1) is 0 Å². The van der Waals surface area contributed by atoms with Crippen molar-refractivity contribution in [2.45, 2.75) is 25.7 Å². The number of ether oxygens (including phenoxy) is 1. The van der Waals surface area contributed by atoms with Gasteiger partial charge < -0.3 is 19.9 Å². The van der Waals surface area contributed by atoms with E-state index in [4.69, 9.17) is 4.74 Å². The van der Waals surface area contributed by atoms with Crippen molar-refractivity contribution in [3.05, 3.63) is 53.6 Å². The van der Waals surface area contributed by atoms with Crippen molar-refractivity contribution in [2.24, 2.45) is 0 Å². The minimum atomic E-state index is -3.67. The average molecular weight is 499 g/mol. The first-order valence-electron chi connectivity index (χ1n) is 12.2. The third-order valence-corrected chi connectivity index (χ3v) is 8.69. The van der Waals surface area contributed by atoms with Gasteiger partial charge in [-0.25, -0.2) is 8.42 Å². The van der Waals surface area contributed by atoms with Gasteiger partial charge in [0.05, 0.1) is 21.8 Å². The first kappa shape index (κ1) is 25.2. The van der Waals surface area contributed by atoms with Crippen LogP contribution in [0.3, 0.4) is 0 Å². The van der Waals surface area contributed by atoms with Crippen molar-refractivity contribution in [1.82, 2.24) is 9.21 Å². The van der Waals surface area contributed by atoms with E-state index in [1.54, 1.807) is 12.1 Å². The van der Waals surface area contributed by atoms with Crippen LogP contribution in [0.25, 0.3) is 6.08 Å². The van der Waals surface area contributed by atoms with E-state index in [1.807, 2.05) is 50.3 Å². The Bertz CT molecular complexity index is 1200. The molecule has 2 heterocycles. The summed E-state index contributed by atoms with van der Waals surface area (Å²) in [6.45, 7) is 11.1. The molecule has 9 heteroatoms. The third-order valence-electron chi connectivity index (χ3n) is 6.64. The molecule has 2 aromatic carbocycles. The number of hydrogen-bond donors (Lipinski definition) is 1. The van der Waals surface area contributed by atoms with E-state index in [9.17, 15) is 13.2 Å². The van der Waals surface area contributed by atoms with Crippen LogP contribution in [-0.4, -0.2) is 76.0 Å². The number of amides is 1. The quantitative estimate of drug-likeness (QED) is 0.602. The first-order valence-corrected chi connectivity index (χ1v) is 13.7. The molecule has 0 bridgehead atoms. The van der Waals surface area contributed by atoms with Crippen molar-refractivity contribution in [2.75, 3.05) is 62.6 Å². The van der Waals surface area contributed by atoms with Gasteiger partial charge in [-0.3, -0.25) is 4.79 Å². The maximum absolute atomic E-state index is 13.3. The summed E-state index contributed by atoms with van der Waals surface area (Å²) in [6, 6.07) is 12.6. The molecule has 2 aliphatic heterocycles. The lowest BCUT2D eigenvalue weighted by Gasteiger charge is -2.36. The second kappa shape index (κ2) is 10.8. The Kier molecular flexibility index (Phi) is 7.78. The van der Waals surface area contributed by atoms with Crippen LogP contribution in [0.5, 0.6) is 5.75 Å². The lowest BCUT2D eigenvalue weighted by molar-refractivity contribution is -0.113. The number of rotatable bonds is 8. The molecule has 1 amide bonds. The van der Waals surface area contributed by atoms with Gasteiger partial charge >= 0.3 is 0 Å². The molecule has 0 aliphatic carbocycles. The number of piperazine rings is 1. The molecule has 2 aromatic rings. The first-order chi connectivity index (χ1) is 16.9. The topological polar surface area (TPSA) is 82.2 Å². The lowest BCUT2D eigenvalue weighted by atomic mass is 10.1. The van der Waals surface area contributed by atoms with Crippen LogP contribution in [0.1, 0.15) is 26.3 Å². The van der Waals surface area contributed by atoms with Gasteiger partial charge in [0.25, 0.3) is 5.91 Å². The Hall–Kier alpha value is -2.88. The highest BCUT2D eigenvalue weighted by atomic mass is 32.2. The highest BCUT2D eigenvalue weighted by molar-refractivity contribution is 7.89. The SMILES string of the molecule is CCN1CCN(c2ccc(S(=O)(=O)N(CC)CC)cc2NC(=O)C2=Cc3ccccc3OC2)CC1. The highest BCUT2D eigenvalue weighted by Crippen LogP contribution is 2.32. The average Bonchev–Trinajstić information content (AvgIpc) is 2.89. The smallest absolute Gasteiger partial charge is 0.255 e.